The number of esters is 1. The highest BCUT2D eigenvalue weighted by Gasteiger charge is 2.08. The van der Waals surface area contributed by atoms with E-state index in [-0.39, 0.29) is 12.4 Å². The lowest BCUT2D eigenvalue weighted by Gasteiger charge is -2.08. The molecule has 1 unspecified atom stereocenters. The molecule has 0 saturated heterocycles. The lowest BCUT2D eigenvalue weighted by molar-refractivity contribution is -0.142. The molecule has 0 saturated carbocycles. The number of nitrogens with one attached hydrogen (secondary N) is 1. The van der Waals surface area contributed by atoms with Gasteiger partial charge in [-0.05, 0) is 12.8 Å². The summed E-state index contributed by atoms with van der Waals surface area (Å²) in [5.74, 6) is 0.415. The van der Waals surface area contributed by atoms with Crippen LogP contribution in [-0.2, 0) is 16.0 Å². The maximum absolute atomic E-state index is 11.3. The van der Waals surface area contributed by atoms with Crippen molar-refractivity contribution in [2.24, 2.45) is 5.92 Å². The lowest BCUT2D eigenvalue weighted by atomic mass is 10.1. The Labute approximate surface area is 106 Å². The number of hydrogen-bond acceptors (Lipinski definition) is 5. The summed E-state index contributed by atoms with van der Waals surface area (Å²) in [6, 6.07) is 0. The molecule has 0 aromatic carbocycles. The lowest BCUT2D eigenvalue weighted by Crippen LogP contribution is -2.10. The summed E-state index contributed by atoms with van der Waals surface area (Å²) in [6.07, 6.45) is 1.41. The van der Waals surface area contributed by atoms with Crippen LogP contribution in [0.5, 0.6) is 0 Å². The van der Waals surface area contributed by atoms with Gasteiger partial charge in [-0.15, -0.1) is 11.3 Å². The largest absolute Gasteiger partial charge is 0.466 e. The minimum absolute atomic E-state index is 0.216. The van der Waals surface area contributed by atoms with Gasteiger partial charge in [0.15, 0.2) is 5.13 Å². The molecule has 0 aliphatic carbocycles. The maximum atomic E-state index is 11.3. The minimum Gasteiger partial charge on any atom is -0.466 e. The number of nitrogens with zero attached hydrogens (tertiary/aromatic N) is 1. The van der Waals surface area contributed by atoms with Crippen molar-refractivity contribution in [2.45, 2.75) is 33.6 Å². The van der Waals surface area contributed by atoms with Crippen LogP contribution < -0.4 is 5.32 Å². The first-order valence-corrected chi connectivity index (χ1v) is 6.87. The third-order valence-corrected chi connectivity index (χ3v) is 3.33. The Morgan fingerprint density at radius 2 is 2.35 bits per heavy atom. The molecule has 0 aliphatic rings. The van der Waals surface area contributed by atoms with Crippen LogP contribution in [0.1, 0.15) is 32.9 Å². The highest BCUT2D eigenvalue weighted by atomic mass is 32.1. The van der Waals surface area contributed by atoms with Gasteiger partial charge < -0.3 is 10.1 Å². The molecule has 0 spiro atoms. The molecule has 1 atom stereocenters. The number of carbonyl (C=O) groups is 1. The summed E-state index contributed by atoms with van der Waals surface area (Å²) in [5, 5.41) is 6.05. The summed E-state index contributed by atoms with van der Waals surface area (Å²) < 4.78 is 4.88. The third-order valence-electron chi connectivity index (χ3n) is 2.48. The fourth-order valence-electron chi connectivity index (χ4n) is 1.24. The Morgan fingerprint density at radius 3 is 3.00 bits per heavy atom. The van der Waals surface area contributed by atoms with Gasteiger partial charge in [0, 0.05) is 11.9 Å². The van der Waals surface area contributed by atoms with Crippen LogP contribution in [0.25, 0.3) is 0 Å². The predicted octanol–water partition coefficient (Wildman–Crippen LogP) is 2.71. The van der Waals surface area contributed by atoms with Gasteiger partial charge in [0.1, 0.15) is 0 Å². The highest BCUT2D eigenvalue weighted by molar-refractivity contribution is 7.13. The zero-order chi connectivity index (χ0) is 12.7. The quantitative estimate of drug-likeness (QED) is 0.762. The van der Waals surface area contributed by atoms with Crippen LogP contribution >= 0.6 is 11.3 Å². The number of ether oxygens (including phenoxy) is 1. The molecule has 5 heteroatoms. The minimum atomic E-state index is -0.216. The molecule has 0 radical (unpaired) electrons. The van der Waals surface area contributed by atoms with E-state index in [1.807, 2.05) is 5.38 Å². The van der Waals surface area contributed by atoms with Crippen LogP contribution in [-0.4, -0.2) is 24.1 Å². The van der Waals surface area contributed by atoms with E-state index in [1.165, 1.54) is 11.3 Å². The number of rotatable bonds is 7. The molecule has 17 heavy (non-hydrogen) atoms. The molecular weight excluding hydrogens is 236 g/mol. The zero-order valence-corrected chi connectivity index (χ0v) is 11.5. The van der Waals surface area contributed by atoms with Gasteiger partial charge in [0.2, 0.25) is 0 Å². The summed E-state index contributed by atoms with van der Waals surface area (Å²) in [4.78, 5) is 15.6. The fraction of sp³-hybridized carbons (Fsp3) is 0.667. The Morgan fingerprint density at radius 1 is 1.59 bits per heavy atom. The van der Waals surface area contributed by atoms with E-state index < -0.39 is 0 Å². The van der Waals surface area contributed by atoms with Gasteiger partial charge in [0.25, 0.3) is 0 Å². The molecule has 1 aromatic rings. The van der Waals surface area contributed by atoms with Gasteiger partial charge in [0.05, 0.1) is 18.7 Å². The van der Waals surface area contributed by atoms with Crippen LogP contribution in [0.2, 0.25) is 0 Å². The van der Waals surface area contributed by atoms with Gasteiger partial charge in [-0.2, -0.15) is 0 Å². The van der Waals surface area contributed by atoms with Crippen LogP contribution in [0.4, 0.5) is 5.13 Å². The van der Waals surface area contributed by atoms with Crippen molar-refractivity contribution in [3.05, 3.63) is 11.1 Å². The van der Waals surface area contributed by atoms with Gasteiger partial charge >= 0.3 is 5.97 Å². The molecule has 0 amide bonds. The summed E-state index contributed by atoms with van der Waals surface area (Å²) >= 11 is 1.53. The van der Waals surface area contributed by atoms with Gasteiger partial charge in [-0.25, -0.2) is 4.98 Å². The van der Waals surface area contributed by atoms with Crippen molar-refractivity contribution in [2.75, 3.05) is 18.5 Å². The molecule has 1 aromatic heterocycles. The van der Waals surface area contributed by atoms with Gasteiger partial charge in [-0.3, -0.25) is 4.79 Å². The topological polar surface area (TPSA) is 51.2 Å². The van der Waals surface area contributed by atoms with E-state index in [2.05, 4.69) is 24.1 Å². The van der Waals surface area contributed by atoms with E-state index in [1.54, 1.807) is 6.92 Å². The second-order valence-corrected chi connectivity index (χ2v) is 4.88. The molecule has 0 fully saturated rings. The number of hydrogen-bond donors (Lipinski definition) is 1. The van der Waals surface area contributed by atoms with E-state index in [4.69, 9.17) is 4.74 Å². The number of thiazole rings is 1. The number of anilines is 1. The summed E-state index contributed by atoms with van der Waals surface area (Å²) in [7, 11) is 0. The second kappa shape index (κ2) is 7.27. The molecule has 0 bridgehead atoms. The maximum Gasteiger partial charge on any atom is 0.311 e. The van der Waals surface area contributed by atoms with Gasteiger partial charge in [-0.1, -0.05) is 20.3 Å². The summed E-state index contributed by atoms with van der Waals surface area (Å²) in [5.41, 5.74) is 0.778. The van der Waals surface area contributed by atoms with E-state index >= 15 is 0 Å². The Bertz CT molecular complexity index is 352. The number of aromatic nitrogens is 1. The van der Waals surface area contributed by atoms with Crippen molar-refractivity contribution < 1.29 is 9.53 Å². The van der Waals surface area contributed by atoms with Crippen molar-refractivity contribution in [3.8, 4) is 0 Å². The van der Waals surface area contributed by atoms with Crippen molar-refractivity contribution in [1.82, 2.24) is 4.98 Å². The average Bonchev–Trinajstić information content (AvgIpc) is 2.74. The molecular formula is C12H20N2O2S. The average molecular weight is 256 g/mol. The van der Waals surface area contributed by atoms with Crippen LogP contribution in [0, 0.1) is 5.92 Å². The van der Waals surface area contributed by atoms with E-state index in [0.29, 0.717) is 12.5 Å². The molecule has 1 rings (SSSR count). The highest BCUT2D eigenvalue weighted by Crippen LogP contribution is 2.16. The second-order valence-electron chi connectivity index (χ2n) is 4.02. The van der Waals surface area contributed by atoms with Crippen molar-refractivity contribution >= 4 is 22.4 Å². The van der Waals surface area contributed by atoms with E-state index in [9.17, 15) is 4.79 Å². The third kappa shape index (κ3) is 5.17. The monoisotopic (exact) mass is 256 g/mol. The van der Waals surface area contributed by atoms with Crippen LogP contribution in [0.3, 0.4) is 0 Å². The Kier molecular flexibility index (Phi) is 5.97. The van der Waals surface area contributed by atoms with E-state index in [0.717, 1.165) is 23.8 Å². The summed E-state index contributed by atoms with van der Waals surface area (Å²) in [6.45, 7) is 7.50. The fourth-order valence-corrected chi connectivity index (χ4v) is 1.96. The van der Waals surface area contributed by atoms with Crippen LogP contribution in [0.15, 0.2) is 5.38 Å². The molecule has 96 valence electrons. The Hall–Kier alpha value is -1.10. The first kappa shape index (κ1) is 14.0. The number of carbonyl (C=O) groups excluding carboxylic acids is 1. The molecule has 1 heterocycles. The SMILES string of the molecule is CCOC(=O)Cc1csc(NCC(C)CC)n1. The van der Waals surface area contributed by atoms with Crippen molar-refractivity contribution in [1.29, 1.82) is 0 Å². The van der Waals surface area contributed by atoms with Crippen molar-refractivity contribution in [3.63, 3.8) is 0 Å². The molecule has 1 N–H and O–H groups in total. The first-order chi connectivity index (χ1) is 8.15. The molecule has 4 nitrogen and oxygen atoms in total. The standard InChI is InChI=1S/C12H20N2O2S/c1-4-9(3)7-13-12-14-10(8-17-12)6-11(15)16-5-2/h8-9H,4-7H2,1-3H3,(H,13,14). The predicted molar refractivity (Wildman–Crippen MR) is 70.4 cm³/mol. The smallest absolute Gasteiger partial charge is 0.311 e. The Balaban J connectivity index is 2.39. The molecule has 0 aliphatic heterocycles. The normalized spacial score (nSPS) is 12.2. The zero-order valence-electron chi connectivity index (χ0n) is 10.7. The first-order valence-electron chi connectivity index (χ1n) is 5.99.